The van der Waals surface area contributed by atoms with Gasteiger partial charge in [-0.15, -0.1) is 10.2 Å². The Hall–Kier alpha value is -3.59. The number of hydrogen-bond donors (Lipinski definition) is 0. The van der Waals surface area contributed by atoms with E-state index in [0.717, 1.165) is 41.7 Å². The Morgan fingerprint density at radius 2 is 2.03 bits per heavy atom. The third kappa shape index (κ3) is 2.29. The van der Waals surface area contributed by atoms with E-state index < -0.39 is 0 Å². The maximum Gasteiger partial charge on any atom is 0.237 e. The van der Waals surface area contributed by atoms with Crippen molar-refractivity contribution in [2.45, 2.75) is 18.9 Å². The predicted octanol–water partition coefficient (Wildman–Crippen LogP) is 2.37. The number of nitrogens with zero attached hydrogens (tertiary/aromatic N) is 8. The molecule has 0 bridgehead atoms. The zero-order valence-electron chi connectivity index (χ0n) is 16.5. The van der Waals surface area contributed by atoms with Gasteiger partial charge in [-0.1, -0.05) is 37.3 Å². The molecule has 0 unspecified atom stereocenters. The highest BCUT2D eigenvalue weighted by Crippen LogP contribution is 2.43. The summed E-state index contributed by atoms with van der Waals surface area (Å²) in [4.78, 5) is 16.5. The van der Waals surface area contributed by atoms with Crippen molar-refractivity contribution in [3.8, 4) is 23.0 Å². The minimum absolute atomic E-state index is 0.384. The number of rotatable bonds is 3. The maximum atomic E-state index is 5.87. The summed E-state index contributed by atoms with van der Waals surface area (Å²) in [6.07, 6.45) is 8.07. The van der Waals surface area contributed by atoms with Gasteiger partial charge >= 0.3 is 0 Å². The molecule has 2 aliphatic rings. The molecule has 2 aliphatic heterocycles. The van der Waals surface area contributed by atoms with Crippen LogP contribution in [-0.2, 0) is 10.3 Å². The molecule has 0 amide bonds. The fraction of sp³-hybridized carbons (Fsp3) is 0.286. The average Bonchev–Trinajstić information content (AvgIpc) is 3.50. The van der Waals surface area contributed by atoms with E-state index in [1.165, 1.54) is 0 Å². The molecule has 0 aliphatic carbocycles. The molecule has 0 saturated carbocycles. The van der Waals surface area contributed by atoms with E-state index in [-0.39, 0.29) is 5.54 Å². The highest BCUT2D eigenvalue weighted by molar-refractivity contribution is 5.65. The van der Waals surface area contributed by atoms with Gasteiger partial charge in [-0.05, 0) is 6.42 Å². The average molecular weight is 400 g/mol. The molecule has 4 aromatic rings. The van der Waals surface area contributed by atoms with Crippen molar-refractivity contribution in [3.63, 3.8) is 0 Å². The standard InChI is InChI=1S/C21H20N8O/c1-2-21-13-30-11-10-29(21)18-16(28-14-24-26-19(21)28)12-23-20(25-18)27-9-8-22-17(27)15-6-4-3-5-7-15/h3-9,12,14H,2,10-11,13H2,1H3/t21-/m1/s1. The molecule has 1 saturated heterocycles. The lowest BCUT2D eigenvalue weighted by atomic mass is 9.90. The molecule has 6 rings (SSSR count). The Kier molecular flexibility index (Phi) is 3.72. The predicted molar refractivity (Wildman–Crippen MR) is 110 cm³/mol. The van der Waals surface area contributed by atoms with Crippen LogP contribution in [0.2, 0.25) is 0 Å². The number of anilines is 1. The molecule has 1 aromatic carbocycles. The normalized spacial score (nSPS) is 19.8. The fourth-order valence-corrected chi connectivity index (χ4v) is 4.47. The number of hydrogen-bond acceptors (Lipinski definition) is 7. The number of morpholine rings is 1. The van der Waals surface area contributed by atoms with Gasteiger partial charge in [0.2, 0.25) is 5.95 Å². The van der Waals surface area contributed by atoms with Crippen molar-refractivity contribution in [1.82, 2.24) is 34.3 Å². The molecular weight excluding hydrogens is 380 g/mol. The first-order chi connectivity index (χ1) is 14.8. The topological polar surface area (TPSA) is 86.8 Å². The van der Waals surface area contributed by atoms with Crippen LogP contribution in [0.4, 0.5) is 5.82 Å². The van der Waals surface area contributed by atoms with Gasteiger partial charge in [0.1, 0.15) is 23.4 Å². The van der Waals surface area contributed by atoms with Crippen LogP contribution >= 0.6 is 0 Å². The van der Waals surface area contributed by atoms with Crippen molar-refractivity contribution in [2.75, 3.05) is 24.7 Å². The number of ether oxygens (including phenoxy) is 1. The minimum Gasteiger partial charge on any atom is -0.377 e. The Labute approximate surface area is 173 Å². The Bertz CT molecular complexity index is 1220. The first-order valence-corrected chi connectivity index (χ1v) is 10.0. The second kappa shape index (κ2) is 6.46. The second-order valence-corrected chi connectivity index (χ2v) is 7.48. The quantitative estimate of drug-likeness (QED) is 0.522. The highest BCUT2D eigenvalue weighted by Gasteiger charge is 2.48. The highest BCUT2D eigenvalue weighted by atomic mass is 16.5. The molecule has 9 nitrogen and oxygen atoms in total. The smallest absolute Gasteiger partial charge is 0.237 e. The molecule has 0 N–H and O–H groups in total. The van der Waals surface area contributed by atoms with Gasteiger partial charge < -0.3 is 9.64 Å². The van der Waals surface area contributed by atoms with Gasteiger partial charge in [-0.2, -0.15) is 4.98 Å². The van der Waals surface area contributed by atoms with Crippen LogP contribution in [0.15, 0.2) is 55.2 Å². The van der Waals surface area contributed by atoms with Crippen LogP contribution in [0.3, 0.4) is 0 Å². The number of aromatic nitrogens is 7. The molecule has 5 heterocycles. The molecule has 30 heavy (non-hydrogen) atoms. The van der Waals surface area contributed by atoms with E-state index >= 15 is 0 Å². The molecular formula is C21H20N8O. The van der Waals surface area contributed by atoms with Gasteiger partial charge in [0.05, 0.1) is 19.4 Å². The van der Waals surface area contributed by atoms with Crippen molar-refractivity contribution < 1.29 is 4.74 Å². The number of benzene rings is 1. The van der Waals surface area contributed by atoms with Crippen LogP contribution in [0, 0.1) is 0 Å². The van der Waals surface area contributed by atoms with E-state index in [9.17, 15) is 0 Å². The van der Waals surface area contributed by atoms with E-state index in [1.807, 2.05) is 51.9 Å². The summed E-state index contributed by atoms with van der Waals surface area (Å²) >= 11 is 0. The van der Waals surface area contributed by atoms with Crippen LogP contribution in [0.25, 0.3) is 23.0 Å². The Balaban J connectivity index is 1.53. The van der Waals surface area contributed by atoms with Crippen LogP contribution in [0.5, 0.6) is 0 Å². The van der Waals surface area contributed by atoms with E-state index in [0.29, 0.717) is 19.2 Å². The summed E-state index contributed by atoms with van der Waals surface area (Å²) in [5.74, 6) is 3.13. The molecule has 1 fully saturated rings. The largest absolute Gasteiger partial charge is 0.377 e. The lowest BCUT2D eigenvalue weighted by Gasteiger charge is -2.49. The summed E-state index contributed by atoms with van der Waals surface area (Å²) in [7, 11) is 0. The lowest BCUT2D eigenvalue weighted by molar-refractivity contribution is 0.0390. The molecule has 1 atom stereocenters. The van der Waals surface area contributed by atoms with E-state index in [2.05, 4.69) is 32.0 Å². The van der Waals surface area contributed by atoms with Gasteiger partial charge in [-0.25, -0.2) is 9.97 Å². The molecule has 3 aromatic heterocycles. The fourth-order valence-electron chi connectivity index (χ4n) is 4.47. The number of imidazole rings is 1. The Morgan fingerprint density at radius 3 is 2.90 bits per heavy atom. The monoisotopic (exact) mass is 400 g/mol. The lowest BCUT2D eigenvalue weighted by Crippen LogP contribution is -2.58. The summed E-state index contributed by atoms with van der Waals surface area (Å²) < 4.78 is 9.78. The summed E-state index contributed by atoms with van der Waals surface area (Å²) in [5, 5.41) is 8.60. The van der Waals surface area contributed by atoms with Crippen LogP contribution < -0.4 is 4.90 Å². The second-order valence-electron chi connectivity index (χ2n) is 7.48. The van der Waals surface area contributed by atoms with E-state index in [4.69, 9.17) is 9.72 Å². The van der Waals surface area contributed by atoms with E-state index in [1.54, 1.807) is 12.5 Å². The van der Waals surface area contributed by atoms with Crippen molar-refractivity contribution in [3.05, 3.63) is 61.1 Å². The zero-order chi connectivity index (χ0) is 20.1. The summed E-state index contributed by atoms with van der Waals surface area (Å²) in [6.45, 7) is 4.09. The zero-order valence-corrected chi connectivity index (χ0v) is 16.5. The van der Waals surface area contributed by atoms with Crippen molar-refractivity contribution in [2.24, 2.45) is 0 Å². The minimum atomic E-state index is -0.384. The van der Waals surface area contributed by atoms with Gasteiger partial charge in [0.25, 0.3) is 0 Å². The molecule has 0 spiro atoms. The maximum absolute atomic E-state index is 5.87. The first kappa shape index (κ1) is 17.3. The number of fused-ring (bicyclic) bond motifs is 6. The van der Waals surface area contributed by atoms with Gasteiger partial charge in [0.15, 0.2) is 11.6 Å². The van der Waals surface area contributed by atoms with Crippen molar-refractivity contribution in [1.29, 1.82) is 0 Å². The Morgan fingerprint density at radius 1 is 1.13 bits per heavy atom. The first-order valence-electron chi connectivity index (χ1n) is 10.0. The van der Waals surface area contributed by atoms with Gasteiger partial charge in [-0.3, -0.25) is 9.13 Å². The molecule has 150 valence electrons. The van der Waals surface area contributed by atoms with Gasteiger partial charge in [0, 0.05) is 24.5 Å². The summed E-state index contributed by atoms with van der Waals surface area (Å²) in [6, 6.07) is 10.1. The van der Waals surface area contributed by atoms with Crippen LogP contribution in [0.1, 0.15) is 19.2 Å². The molecule has 0 radical (unpaired) electrons. The summed E-state index contributed by atoms with van der Waals surface area (Å²) in [5.41, 5.74) is 1.51. The third-order valence-corrected chi connectivity index (χ3v) is 6.01. The SMILES string of the molecule is CC[C@]12COCCN1c1nc(-n3ccnc3-c3ccccc3)ncc1-n1cnnc12. The van der Waals surface area contributed by atoms with Crippen molar-refractivity contribution >= 4 is 5.82 Å². The van der Waals surface area contributed by atoms with Crippen LogP contribution in [-0.4, -0.2) is 54.0 Å². The third-order valence-electron chi connectivity index (χ3n) is 6.01. The molecule has 9 heteroatoms.